The molecule has 0 saturated carbocycles. The number of carbonyl (C=O) groups excluding carboxylic acids is 1. The SMILES string of the molecule is C[C@H]1CNCCN1CC(=O)NCCc1ccc(Cl)cc1.Cl. The highest BCUT2D eigenvalue weighted by Gasteiger charge is 2.19. The van der Waals surface area contributed by atoms with Gasteiger partial charge < -0.3 is 10.6 Å². The van der Waals surface area contributed by atoms with E-state index in [0.29, 0.717) is 19.1 Å². The first-order valence-electron chi connectivity index (χ1n) is 7.11. The van der Waals surface area contributed by atoms with Crippen LogP contribution in [0.3, 0.4) is 0 Å². The summed E-state index contributed by atoms with van der Waals surface area (Å²) >= 11 is 5.84. The highest BCUT2D eigenvalue weighted by molar-refractivity contribution is 6.30. The predicted octanol–water partition coefficient (Wildman–Crippen LogP) is 1.71. The predicted molar refractivity (Wildman–Crippen MR) is 89.3 cm³/mol. The molecule has 1 fully saturated rings. The van der Waals surface area contributed by atoms with Gasteiger partial charge in [-0.05, 0) is 31.0 Å². The Bertz CT molecular complexity index is 439. The minimum Gasteiger partial charge on any atom is -0.355 e. The maximum Gasteiger partial charge on any atom is 0.234 e. The average molecular weight is 332 g/mol. The van der Waals surface area contributed by atoms with Gasteiger partial charge in [0.05, 0.1) is 6.54 Å². The smallest absolute Gasteiger partial charge is 0.234 e. The number of hydrogen-bond acceptors (Lipinski definition) is 3. The van der Waals surface area contributed by atoms with Crippen LogP contribution in [0.2, 0.25) is 5.02 Å². The van der Waals surface area contributed by atoms with Gasteiger partial charge in [0.2, 0.25) is 5.91 Å². The highest BCUT2D eigenvalue weighted by atomic mass is 35.5. The Morgan fingerprint density at radius 2 is 2.14 bits per heavy atom. The average Bonchev–Trinajstić information content (AvgIpc) is 2.44. The fourth-order valence-corrected chi connectivity index (χ4v) is 2.48. The standard InChI is InChI=1S/C15H22ClN3O.ClH/c1-12-10-17-8-9-19(12)11-15(20)18-7-6-13-2-4-14(16)5-3-13;/h2-5,12,17H,6-11H2,1H3,(H,18,20);1H/t12-;/m0./s1. The van der Waals surface area contributed by atoms with E-state index in [1.54, 1.807) is 0 Å². The number of hydrogen-bond donors (Lipinski definition) is 2. The molecule has 1 heterocycles. The van der Waals surface area contributed by atoms with Crippen LogP contribution in [-0.4, -0.2) is 49.6 Å². The number of amides is 1. The Hall–Kier alpha value is -0.810. The molecule has 1 aliphatic heterocycles. The fourth-order valence-electron chi connectivity index (χ4n) is 2.36. The van der Waals surface area contributed by atoms with Crippen molar-refractivity contribution in [3.63, 3.8) is 0 Å². The maximum absolute atomic E-state index is 11.9. The van der Waals surface area contributed by atoms with Crippen LogP contribution >= 0.6 is 24.0 Å². The van der Waals surface area contributed by atoms with Crippen molar-refractivity contribution in [2.75, 3.05) is 32.7 Å². The maximum atomic E-state index is 11.9. The third-order valence-corrected chi connectivity index (χ3v) is 3.89. The van der Waals surface area contributed by atoms with Crippen molar-refractivity contribution >= 4 is 29.9 Å². The van der Waals surface area contributed by atoms with E-state index in [9.17, 15) is 4.79 Å². The second kappa shape index (κ2) is 9.26. The molecule has 0 bridgehead atoms. The van der Waals surface area contributed by atoms with E-state index in [-0.39, 0.29) is 18.3 Å². The van der Waals surface area contributed by atoms with Crippen LogP contribution in [0.15, 0.2) is 24.3 Å². The molecule has 6 heteroatoms. The van der Waals surface area contributed by atoms with Crippen LogP contribution in [0.1, 0.15) is 12.5 Å². The molecule has 0 spiro atoms. The summed E-state index contributed by atoms with van der Waals surface area (Å²) in [5.41, 5.74) is 1.19. The largest absolute Gasteiger partial charge is 0.355 e. The second-order valence-electron chi connectivity index (χ2n) is 5.25. The first-order chi connectivity index (χ1) is 9.65. The molecule has 1 aliphatic rings. The first-order valence-corrected chi connectivity index (χ1v) is 7.49. The van der Waals surface area contributed by atoms with E-state index in [0.717, 1.165) is 31.1 Å². The number of carbonyl (C=O) groups is 1. The lowest BCUT2D eigenvalue weighted by Gasteiger charge is -2.33. The number of piperazine rings is 1. The van der Waals surface area contributed by atoms with Gasteiger partial charge >= 0.3 is 0 Å². The summed E-state index contributed by atoms with van der Waals surface area (Å²) in [6, 6.07) is 8.16. The minimum absolute atomic E-state index is 0. The third kappa shape index (κ3) is 6.22. The van der Waals surface area contributed by atoms with E-state index < -0.39 is 0 Å². The van der Waals surface area contributed by atoms with Crippen LogP contribution in [-0.2, 0) is 11.2 Å². The van der Waals surface area contributed by atoms with Crippen molar-refractivity contribution in [3.05, 3.63) is 34.9 Å². The fraction of sp³-hybridized carbons (Fsp3) is 0.533. The van der Waals surface area contributed by atoms with Crippen LogP contribution in [0, 0.1) is 0 Å². The lowest BCUT2D eigenvalue weighted by atomic mass is 10.1. The molecule has 0 aromatic heterocycles. The third-order valence-electron chi connectivity index (χ3n) is 3.63. The minimum atomic E-state index is 0. The van der Waals surface area contributed by atoms with Crippen LogP contribution in [0.4, 0.5) is 0 Å². The van der Waals surface area contributed by atoms with Crippen LogP contribution in [0.5, 0.6) is 0 Å². The van der Waals surface area contributed by atoms with Crippen LogP contribution in [0.25, 0.3) is 0 Å². The summed E-state index contributed by atoms with van der Waals surface area (Å²) in [6.45, 7) is 6.16. The first kappa shape index (κ1) is 18.2. The number of nitrogens with one attached hydrogen (secondary N) is 2. The molecule has 1 aromatic carbocycles. The number of rotatable bonds is 5. The van der Waals surface area contributed by atoms with Crippen molar-refractivity contribution < 1.29 is 4.79 Å². The molecule has 0 radical (unpaired) electrons. The van der Waals surface area contributed by atoms with Crippen molar-refractivity contribution in [1.29, 1.82) is 0 Å². The molecule has 2 rings (SSSR count). The van der Waals surface area contributed by atoms with E-state index in [1.807, 2.05) is 24.3 Å². The lowest BCUT2D eigenvalue weighted by Crippen LogP contribution is -2.52. The topological polar surface area (TPSA) is 44.4 Å². The van der Waals surface area contributed by atoms with Crippen molar-refractivity contribution in [2.45, 2.75) is 19.4 Å². The van der Waals surface area contributed by atoms with Crippen molar-refractivity contribution in [2.24, 2.45) is 0 Å². The summed E-state index contributed by atoms with van der Waals surface area (Å²) in [6.07, 6.45) is 0.833. The van der Waals surface area contributed by atoms with Gasteiger partial charge in [-0.2, -0.15) is 0 Å². The molecule has 2 N–H and O–H groups in total. The van der Waals surface area contributed by atoms with Crippen molar-refractivity contribution in [3.8, 4) is 0 Å². The van der Waals surface area contributed by atoms with Gasteiger partial charge in [-0.1, -0.05) is 23.7 Å². The van der Waals surface area contributed by atoms with Gasteiger partial charge in [0.1, 0.15) is 0 Å². The van der Waals surface area contributed by atoms with Gasteiger partial charge in [0, 0.05) is 37.2 Å². The lowest BCUT2D eigenvalue weighted by molar-refractivity contribution is -0.122. The molecular weight excluding hydrogens is 309 g/mol. The molecule has 4 nitrogen and oxygen atoms in total. The number of benzene rings is 1. The Labute approximate surface area is 137 Å². The summed E-state index contributed by atoms with van der Waals surface area (Å²) in [5.74, 6) is 0.104. The quantitative estimate of drug-likeness (QED) is 0.863. The molecular formula is C15H23Cl2N3O. The van der Waals surface area contributed by atoms with Gasteiger partial charge in [-0.25, -0.2) is 0 Å². The van der Waals surface area contributed by atoms with Gasteiger partial charge in [-0.3, -0.25) is 9.69 Å². The summed E-state index contributed by atoms with van der Waals surface area (Å²) < 4.78 is 0. The number of nitrogens with zero attached hydrogens (tertiary/aromatic N) is 1. The van der Waals surface area contributed by atoms with Crippen molar-refractivity contribution in [1.82, 2.24) is 15.5 Å². The summed E-state index contributed by atoms with van der Waals surface area (Å²) in [7, 11) is 0. The molecule has 0 aliphatic carbocycles. The zero-order valence-corrected chi connectivity index (χ0v) is 13.8. The van der Waals surface area contributed by atoms with E-state index >= 15 is 0 Å². The summed E-state index contributed by atoms with van der Waals surface area (Å²) in [4.78, 5) is 14.1. The summed E-state index contributed by atoms with van der Waals surface area (Å²) in [5, 5.41) is 7.04. The molecule has 0 unspecified atom stereocenters. The van der Waals surface area contributed by atoms with E-state index in [4.69, 9.17) is 11.6 Å². The normalized spacial score (nSPS) is 18.9. The van der Waals surface area contributed by atoms with E-state index in [1.165, 1.54) is 5.56 Å². The monoisotopic (exact) mass is 331 g/mol. The molecule has 1 atom stereocenters. The number of halogens is 2. The Kier molecular flexibility index (Phi) is 8.04. The molecule has 1 aromatic rings. The molecule has 1 saturated heterocycles. The Morgan fingerprint density at radius 3 is 2.81 bits per heavy atom. The zero-order valence-electron chi connectivity index (χ0n) is 12.3. The van der Waals surface area contributed by atoms with Crippen LogP contribution < -0.4 is 10.6 Å². The Balaban J connectivity index is 0.00000220. The Morgan fingerprint density at radius 1 is 1.43 bits per heavy atom. The zero-order chi connectivity index (χ0) is 14.4. The molecule has 21 heavy (non-hydrogen) atoms. The molecule has 118 valence electrons. The highest BCUT2D eigenvalue weighted by Crippen LogP contribution is 2.09. The second-order valence-corrected chi connectivity index (χ2v) is 5.69. The molecule has 1 amide bonds. The van der Waals surface area contributed by atoms with Gasteiger partial charge in [-0.15, -0.1) is 12.4 Å². The van der Waals surface area contributed by atoms with E-state index in [2.05, 4.69) is 22.5 Å². The van der Waals surface area contributed by atoms with Gasteiger partial charge in [0.15, 0.2) is 0 Å². The van der Waals surface area contributed by atoms with Gasteiger partial charge in [0.25, 0.3) is 0 Å².